The van der Waals surface area contributed by atoms with Gasteiger partial charge >= 0.3 is 0 Å². The molecule has 4 nitrogen and oxygen atoms in total. The molecule has 0 unspecified atom stereocenters. The lowest BCUT2D eigenvalue weighted by Crippen LogP contribution is -1.97. The average molecular weight is 377 g/mol. The molecule has 1 N–H and O–H groups in total. The van der Waals surface area contributed by atoms with Gasteiger partial charge in [0, 0.05) is 5.02 Å². The van der Waals surface area contributed by atoms with Crippen molar-refractivity contribution in [3.05, 3.63) is 89.2 Å². The molecule has 0 fully saturated rings. The van der Waals surface area contributed by atoms with E-state index in [1.807, 2.05) is 78.9 Å². The summed E-state index contributed by atoms with van der Waals surface area (Å²) in [6.45, 7) is 0. The third-order valence-corrected chi connectivity index (χ3v) is 4.29. The van der Waals surface area contributed by atoms with Crippen LogP contribution >= 0.6 is 11.6 Å². The Labute approximate surface area is 162 Å². The molecule has 4 aromatic rings. The Morgan fingerprint density at radius 1 is 0.963 bits per heavy atom. The molecule has 5 heteroatoms. The number of methoxy groups -OCH3 is 1. The molecule has 0 amide bonds. The number of benzene rings is 3. The Kier molecular flexibility index (Phi) is 4.81. The first kappa shape index (κ1) is 17.2. The number of halogens is 1. The number of hydrogen-bond acceptors (Lipinski definition) is 3. The number of nitrogens with one attached hydrogen (secondary N) is 1. The Morgan fingerprint density at radius 2 is 1.74 bits per heavy atom. The maximum atomic E-state index is 6.14. The molecule has 0 aliphatic heterocycles. The van der Waals surface area contributed by atoms with Crippen LogP contribution in [0.25, 0.3) is 22.9 Å². The number of hydrogen-bond donors (Lipinski definition) is 1. The minimum Gasteiger partial charge on any atom is -0.497 e. The van der Waals surface area contributed by atoms with Crippen LogP contribution in [-0.4, -0.2) is 17.1 Å². The number of H-pyrrole nitrogens is 1. The number of aromatic nitrogens is 2. The third-order valence-electron chi connectivity index (χ3n) is 4.06. The molecular weight excluding hydrogens is 360 g/mol. The van der Waals surface area contributed by atoms with E-state index in [0.717, 1.165) is 22.3 Å². The van der Waals surface area contributed by atoms with Crippen LogP contribution in [0, 0.1) is 0 Å². The highest BCUT2D eigenvalue weighted by atomic mass is 35.5. The minimum atomic E-state index is 0.596. The van der Waals surface area contributed by atoms with E-state index in [0.29, 0.717) is 22.4 Å². The van der Waals surface area contributed by atoms with Gasteiger partial charge in [-0.2, -0.15) is 0 Å². The maximum Gasteiger partial charge on any atom is 0.174 e. The molecule has 134 valence electrons. The summed E-state index contributed by atoms with van der Waals surface area (Å²) in [5.41, 5.74) is 2.75. The van der Waals surface area contributed by atoms with Gasteiger partial charge in [-0.1, -0.05) is 35.9 Å². The smallest absolute Gasteiger partial charge is 0.174 e. The molecule has 4 rings (SSSR count). The summed E-state index contributed by atoms with van der Waals surface area (Å²) >= 11 is 6.12. The third kappa shape index (κ3) is 3.96. The van der Waals surface area contributed by atoms with Gasteiger partial charge in [0.05, 0.1) is 18.1 Å². The highest BCUT2D eigenvalue weighted by molar-refractivity contribution is 6.30. The zero-order chi connectivity index (χ0) is 18.6. The molecule has 0 saturated heterocycles. The van der Waals surface area contributed by atoms with Gasteiger partial charge in [-0.15, -0.1) is 0 Å². The number of nitrogens with zero attached hydrogens (tertiary/aromatic N) is 1. The van der Waals surface area contributed by atoms with E-state index in [4.69, 9.17) is 21.1 Å². The van der Waals surface area contributed by atoms with Crippen molar-refractivity contribution in [1.29, 1.82) is 0 Å². The summed E-state index contributed by atoms with van der Waals surface area (Å²) in [4.78, 5) is 7.97. The highest BCUT2D eigenvalue weighted by Gasteiger charge is 2.11. The van der Waals surface area contributed by atoms with Gasteiger partial charge in [-0.25, -0.2) is 4.98 Å². The second kappa shape index (κ2) is 7.56. The van der Waals surface area contributed by atoms with Gasteiger partial charge in [0.15, 0.2) is 11.6 Å². The van der Waals surface area contributed by atoms with Crippen LogP contribution in [0.1, 0.15) is 11.4 Å². The van der Waals surface area contributed by atoms with E-state index in [1.54, 1.807) is 7.11 Å². The number of para-hydroxylation sites is 2. The number of rotatable bonds is 5. The predicted molar refractivity (Wildman–Crippen MR) is 109 cm³/mol. The molecule has 27 heavy (non-hydrogen) atoms. The van der Waals surface area contributed by atoms with Crippen LogP contribution in [-0.2, 0) is 0 Å². The van der Waals surface area contributed by atoms with E-state index in [1.165, 1.54) is 0 Å². The number of aromatic amines is 1. The highest BCUT2D eigenvalue weighted by Crippen LogP contribution is 2.26. The van der Waals surface area contributed by atoms with Gasteiger partial charge in [-0.05, 0) is 60.2 Å². The quantitative estimate of drug-likeness (QED) is 0.447. The van der Waals surface area contributed by atoms with Crippen LogP contribution in [0.2, 0.25) is 5.02 Å². The molecule has 3 aromatic carbocycles. The van der Waals surface area contributed by atoms with Crippen molar-refractivity contribution in [2.45, 2.75) is 0 Å². The molecule has 0 bridgehead atoms. The van der Waals surface area contributed by atoms with Crippen molar-refractivity contribution < 1.29 is 9.47 Å². The van der Waals surface area contributed by atoms with Crippen LogP contribution in [0.3, 0.4) is 0 Å². The first-order valence-electron chi connectivity index (χ1n) is 8.45. The van der Waals surface area contributed by atoms with Crippen molar-refractivity contribution in [2.24, 2.45) is 0 Å². The Hall–Kier alpha value is -3.24. The Bertz CT molecular complexity index is 1070. The summed E-state index contributed by atoms with van der Waals surface area (Å²) in [5, 5.41) is 0.664. The topological polar surface area (TPSA) is 47.1 Å². The summed E-state index contributed by atoms with van der Waals surface area (Å²) < 4.78 is 11.3. The van der Waals surface area contributed by atoms with Crippen LogP contribution < -0.4 is 9.47 Å². The molecule has 0 spiro atoms. The van der Waals surface area contributed by atoms with Gasteiger partial charge in [-0.3, -0.25) is 0 Å². The molecule has 0 saturated carbocycles. The average Bonchev–Trinajstić information content (AvgIpc) is 3.12. The molecular formula is C22H17ClN2O2. The number of imidazole rings is 1. The van der Waals surface area contributed by atoms with E-state index >= 15 is 0 Å². The summed E-state index contributed by atoms with van der Waals surface area (Å²) in [6, 6.07) is 22.9. The van der Waals surface area contributed by atoms with E-state index in [9.17, 15) is 0 Å². The SMILES string of the molecule is COc1ccc(OC(=Cc2cccc(Cl)c2)c2nc3ccccc3[nH]2)cc1. The lowest BCUT2D eigenvalue weighted by molar-refractivity contribution is 0.413. The Balaban J connectivity index is 1.76. The number of fused-ring (bicyclic) bond motifs is 1. The second-order valence-electron chi connectivity index (χ2n) is 5.94. The summed E-state index contributed by atoms with van der Waals surface area (Å²) in [6.07, 6.45) is 1.91. The zero-order valence-electron chi connectivity index (χ0n) is 14.6. The second-order valence-corrected chi connectivity index (χ2v) is 6.38. The lowest BCUT2D eigenvalue weighted by Gasteiger charge is -2.09. The fraction of sp³-hybridized carbons (Fsp3) is 0.0455. The monoisotopic (exact) mass is 376 g/mol. The fourth-order valence-electron chi connectivity index (χ4n) is 2.73. The van der Waals surface area contributed by atoms with Crippen molar-refractivity contribution in [3.63, 3.8) is 0 Å². The minimum absolute atomic E-state index is 0.596. The summed E-state index contributed by atoms with van der Waals surface area (Å²) in [7, 11) is 1.63. The molecule has 0 radical (unpaired) electrons. The summed E-state index contributed by atoms with van der Waals surface area (Å²) in [5.74, 6) is 2.70. The largest absolute Gasteiger partial charge is 0.497 e. The van der Waals surface area contributed by atoms with Gasteiger partial charge in [0.2, 0.25) is 0 Å². The van der Waals surface area contributed by atoms with Crippen LogP contribution in [0.4, 0.5) is 0 Å². The normalized spacial score (nSPS) is 11.6. The van der Waals surface area contributed by atoms with Crippen LogP contribution in [0.15, 0.2) is 72.8 Å². The lowest BCUT2D eigenvalue weighted by atomic mass is 10.2. The fourth-order valence-corrected chi connectivity index (χ4v) is 2.93. The van der Waals surface area contributed by atoms with E-state index in [2.05, 4.69) is 9.97 Å². The van der Waals surface area contributed by atoms with E-state index in [-0.39, 0.29) is 0 Å². The van der Waals surface area contributed by atoms with E-state index < -0.39 is 0 Å². The predicted octanol–water partition coefficient (Wildman–Crippen LogP) is 5.80. The van der Waals surface area contributed by atoms with Gasteiger partial charge < -0.3 is 14.5 Å². The molecule has 1 aromatic heterocycles. The standard InChI is InChI=1S/C22H17ClN2O2/c1-26-17-9-11-18(12-10-17)27-21(14-15-5-4-6-16(23)13-15)22-24-19-7-2-3-8-20(19)25-22/h2-14H,1H3,(H,24,25). The Morgan fingerprint density at radius 3 is 2.48 bits per heavy atom. The van der Waals surface area contributed by atoms with Gasteiger partial charge in [0.1, 0.15) is 11.5 Å². The number of ether oxygens (including phenoxy) is 2. The maximum absolute atomic E-state index is 6.14. The zero-order valence-corrected chi connectivity index (χ0v) is 15.4. The first-order chi connectivity index (χ1) is 13.2. The molecule has 1 heterocycles. The van der Waals surface area contributed by atoms with Crippen LogP contribution in [0.5, 0.6) is 11.5 Å². The molecule has 0 aliphatic rings. The first-order valence-corrected chi connectivity index (χ1v) is 8.83. The van der Waals surface area contributed by atoms with Gasteiger partial charge in [0.25, 0.3) is 0 Å². The molecule has 0 atom stereocenters. The molecule has 0 aliphatic carbocycles. The van der Waals surface area contributed by atoms with Crippen molar-refractivity contribution in [3.8, 4) is 11.5 Å². The van der Waals surface area contributed by atoms with Crippen molar-refractivity contribution in [1.82, 2.24) is 9.97 Å². The van der Waals surface area contributed by atoms with Crippen molar-refractivity contribution in [2.75, 3.05) is 7.11 Å². The van der Waals surface area contributed by atoms with Crippen molar-refractivity contribution >= 4 is 34.5 Å².